The third-order valence-electron chi connectivity index (χ3n) is 1.52. The van der Waals surface area contributed by atoms with Crippen LogP contribution in [0.1, 0.15) is 5.56 Å². The van der Waals surface area contributed by atoms with Gasteiger partial charge in [0.1, 0.15) is 5.75 Å². The van der Waals surface area contributed by atoms with Crippen molar-refractivity contribution in [2.45, 2.75) is 6.42 Å². The monoisotopic (exact) mass is 164 g/mol. The molecule has 0 aliphatic carbocycles. The van der Waals surface area contributed by atoms with Gasteiger partial charge in [0.15, 0.2) is 0 Å². The van der Waals surface area contributed by atoms with E-state index >= 15 is 0 Å². The third kappa shape index (κ3) is 2.66. The highest BCUT2D eigenvalue weighted by Crippen LogP contribution is 2.09. The summed E-state index contributed by atoms with van der Waals surface area (Å²) in [5.41, 5.74) is 1.15. The van der Waals surface area contributed by atoms with Crippen LogP contribution in [0.2, 0.25) is 0 Å². The molecule has 1 rings (SSSR count). The molecule has 0 saturated carbocycles. The minimum absolute atomic E-state index is 0.300. The predicted octanol–water partition coefficient (Wildman–Crippen LogP) is 2.09. The van der Waals surface area contributed by atoms with Crippen LogP contribution in [0.4, 0.5) is 0 Å². The Kier molecular flexibility index (Phi) is 3.20. The quantitative estimate of drug-likeness (QED) is 0.693. The molecule has 1 aromatic rings. The van der Waals surface area contributed by atoms with E-state index in [-0.39, 0.29) is 0 Å². The number of phenolic OH excluding ortho intramolecular Hbond substituents is 1. The van der Waals surface area contributed by atoms with Crippen molar-refractivity contribution in [1.82, 2.24) is 0 Å². The zero-order valence-electron chi connectivity index (χ0n) is 7.03. The zero-order chi connectivity index (χ0) is 8.81. The number of phenols is 1. The average molecular weight is 164 g/mol. The SMILES string of the molecule is COC=CCc1ccc(O)cc1. The number of hydrogen-bond acceptors (Lipinski definition) is 2. The molecule has 0 bridgehead atoms. The molecule has 64 valence electrons. The Labute approximate surface area is 72.1 Å². The molecule has 0 heterocycles. The topological polar surface area (TPSA) is 29.5 Å². The molecule has 0 saturated heterocycles. The van der Waals surface area contributed by atoms with E-state index in [2.05, 4.69) is 0 Å². The van der Waals surface area contributed by atoms with Crippen LogP contribution >= 0.6 is 0 Å². The van der Waals surface area contributed by atoms with Crippen LogP contribution < -0.4 is 0 Å². The van der Waals surface area contributed by atoms with Crippen molar-refractivity contribution in [2.75, 3.05) is 7.11 Å². The summed E-state index contributed by atoms with van der Waals surface area (Å²) < 4.78 is 4.76. The predicted molar refractivity (Wildman–Crippen MR) is 48.0 cm³/mol. The van der Waals surface area contributed by atoms with Gasteiger partial charge >= 0.3 is 0 Å². The highest BCUT2D eigenvalue weighted by Gasteiger charge is 1.89. The van der Waals surface area contributed by atoms with Gasteiger partial charge in [-0.1, -0.05) is 12.1 Å². The van der Waals surface area contributed by atoms with Crippen molar-refractivity contribution in [3.63, 3.8) is 0 Å². The number of benzene rings is 1. The van der Waals surface area contributed by atoms with Gasteiger partial charge in [0.25, 0.3) is 0 Å². The third-order valence-corrected chi connectivity index (χ3v) is 1.52. The van der Waals surface area contributed by atoms with Crippen molar-refractivity contribution in [3.05, 3.63) is 42.2 Å². The molecule has 0 radical (unpaired) electrons. The van der Waals surface area contributed by atoms with Crippen molar-refractivity contribution < 1.29 is 9.84 Å². The Balaban J connectivity index is 2.53. The number of methoxy groups -OCH3 is 1. The molecule has 0 aliphatic heterocycles. The van der Waals surface area contributed by atoms with E-state index in [1.165, 1.54) is 0 Å². The first-order valence-corrected chi connectivity index (χ1v) is 3.78. The largest absolute Gasteiger partial charge is 0.508 e. The molecule has 2 heteroatoms. The van der Waals surface area contributed by atoms with Gasteiger partial charge in [0.2, 0.25) is 0 Å². The van der Waals surface area contributed by atoms with Crippen LogP contribution in [0.3, 0.4) is 0 Å². The van der Waals surface area contributed by atoms with E-state index in [1.54, 1.807) is 25.5 Å². The van der Waals surface area contributed by atoms with E-state index in [0.717, 1.165) is 12.0 Å². The maximum absolute atomic E-state index is 8.99. The van der Waals surface area contributed by atoms with Gasteiger partial charge in [-0.3, -0.25) is 0 Å². The molecular formula is C10H12O2. The van der Waals surface area contributed by atoms with Gasteiger partial charge in [0.05, 0.1) is 13.4 Å². The fourth-order valence-corrected chi connectivity index (χ4v) is 0.912. The summed E-state index contributed by atoms with van der Waals surface area (Å²) in [6.45, 7) is 0. The highest BCUT2D eigenvalue weighted by atomic mass is 16.5. The summed E-state index contributed by atoms with van der Waals surface area (Å²) in [5, 5.41) is 8.99. The number of ether oxygens (including phenoxy) is 1. The lowest BCUT2D eigenvalue weighted by molar-refractivity contribution is 0.337. The van der Waals surface area contributed by atoms with E-state index in [9.17, 15) is 0 Å². The maximum atomic E-state index is 8.99. The molecule has 2 nitrogen and oxygen atoms in total. The van der Waals surface area contributed by atoms with Gasteiger partial charge in [-0.05, 0) is 30.2 Å². The van der Waals surface area contributed by atoms with Crippen LogP contribution in [0.15, 0.2) is 36.6 Å². The summed E-state index contributed by atoms with van der Waals surface area (Å²) in [4.78, 5) is 0. The second-order valence-corrected chi connectivity index (χ2v) is 2.48. The normalized spacial score (nSPS) is 10.4. The van der Waals surface area contributed by atoms with Gasteiger partial charge < -0.3 is 9.84 Å². The summed E-state index contributed by atoms with van der Waals surface area (Å²) in [6.07, 6.45) is 4.40. The van der Waals surface area contributed by atoms with Crippen LogP contribution in [0.5, 0.6) is 5.75 Å². The Morgan fingerprint density at radius 1 is 1.33 bits per heavy atom. The molecule has 1 N–H and O–H groups in total. The van der Waals surface area contributed by atoms with Gasteiger partial charge in [-0.25, -0.2) is 0 Å². The van der Waals surface area contributed by atoms with Crippen molar-refractivity contribution in [3.8, 4) is 5.75 Å². The molecule has 0 amide bonds. The number of aromatic hydroxyl groups is 1. The number of rotatable bonds is 3. The minimum atomic E-state index is 0.300. The molecule has 0 fully saturated rings. The number of hydrogen-bond donors (Lipinski definition) is 1. The van der Waals surface area contributed by atoms with E-state index in [4.69, 9.17) is 9.84 Å². The molecule has 0 unspecified atom stereocenters. The lowest BCUT2D eigenvalue weighted by Gasteiger charge is -1.95. The second kappa shape index (κ2) is 4.44. The Hall–Kier alpha value is -1.44. The second-order valence-electron chi connectivity index (χ2n) is 2.48. The van der Waals surface area contributed by atoms with Crippen molar-refractivity contribution >= 4 is 0 Å². The van der Waals surface area contributed by atoms with E-state index in [0.29, 0.717) is 5.75 Å². The average Bonchev–Trinajstić information content (AvgIpc) is 2.09. The van der Waals surface area contributed by atoms with Gasteiger partial charge in [-0.15, -0.1) is 0 Å². The highest BCUT2D eigenvalue weighted by molar-refractivity contribution is 5.26. The number of allylic oxidation sites excluding steroid dienone is 1. The summed E-state index contributed by atoms with van der Waals surface area (Å²) in [7, 11) is 1.62. The maximum Gasteiger partial charge on any atom is 0.115 e. The lowest BCUT2D eigenvalue weighted by Crippen LogP contribution is -1.79. The molecule has 0 aliphatic rings. The molecule has 1 aromatic carbocycles. The van der Waals surface area contributed by atoms with Gasteiger partial charge in [-0.2, -0.15) is 0 Å². The first-order valence-electron chi connectivity index (χ1n) is 3.78. The molecular weight excluding hydrogens is 152 g/mol. The summed E-state index contributed by atoms with van der Waals surface area (Å²) >= 11 is 0. The Morgan fingerprint density at radius 2 is 2.00 bits per heavy atom. The fourth-order valence-electron chi connectivity index (χ4n) is 0.912. The van der Waals surface area contributed by atoms with Crippen LogP contribution in [0.25, 0.3) is 0 Å². The molecule has 0 aromatic heterocycles. The Morgan fingerprint density at radius 3 is 2.58 bits per heavy atom. The van der Waals surface area contributed by atoms with Crippen LogP contribution in [-0.2, 0) is 11.2 Å². The van der Waals surface area contributed by atoms with Crippen LogP contribution in [0, 0.1) is 0 Å². The molecule has 0 atom stereocenters. The lowest BCUT2D eigenvalue weighted by atomic mass is 10.1. The van der Waals surface area contributed by atoms with E-state index < -0.39 is 0 Å². The van der Waals surface area contributed by atoms with Gasteiger partial charge in [0, 0.05) is 0 Å². The van der Waals surface area contributed by atoms with Crippen LogP contribution in [-0.4, -0.2) is 12.2 Å². The Bertz CT molecular complexity index is 249. The molecule has 12 heavy (non-hydrogen) atoms. The first-order chi connectivity index (χ1) is 5.83. The minimum Gasteiger partial charge on any atom is -0.508 e. The smallest absolute Gasteiger partial charge is 0.115 e. The van der Waals surface area contributed by atoms with E-state index in [1.807, 2.05) is 18.2 Å². The summed E-state index contributed by atoms with van der Waals surface area (Å²) in [6, 6.07) is 7.12. The van der Waals surface area contributed by atoms with Crippen molar-refractivity contribution in [1.29, 1.82) is 0 Å². The molecule has 0 spiro atoms. The zero-order valence-corrected chi connectivity index (χ0v) is 7.03. The first kappa shape index (κ1) is 8.65. The van der Waals surface area contributed by atoms with Crippen molar-refractivity contribution in [2.24, 2.45) is 0 Å². The standard InChI is InChI=1S/C10H12O2/c1-12-8-2-3-9-4-6-10(11)7-5-9/h2,4-8,11H,3H2,1H3. The fraction of sp³-hybridized carbons (Fsp3) is 0.200. The summed E-state index contributed by atoms with van der Waals surface area (Å²) in [5.74, 6) is 0.300.